The van der Waals surface area contributed by atoms with Gasteiger partial charge in [0.05, 0.1) is 12.7 Å². The van der Waals surface area contributed by atoms with Gasteiger partial charge in [0.2, 0.25) is 0 Å². The topological polar surface area (TPSA) is 77.5 Å². The fourth-order valence-electron chi connectivity index (χ4n) is 1.38. The summed E-state index contributed by atoms with van der Waals surface area (Å²) >= 11 is 0. The van der Waals surface area contributed by atoms with Crippen LogP contribution in [0.3, 0.4) is 0 Å². The summed E-state index contributed by atoms with van der Waals surface area (Å²) in [6.45, 7) is 7.00. The molecule has 0 aromatic carbocycles. The van der Waals surface area contributed by atoms with Crippen LogP contribution in [-0.4, -0.2) is 29.8 Å². The predicted molar refractivity (Wildman–Crippen MR) is 70.2 cm³/mol. The van der Waals surface area contributed by atoms with E-state index >= 15 is 0 Å². The Balaban J connectivity index is 2.87. The van der Waals surface area contributed by atoms with Gasteiger partial charge in [-0.05, 0) is 39.8 Å². The number of ether oxygens (including phenoxy) is 2. The van der Waals surface area contributed by atoms with Crippen LogP contribution in [-0.2, 0) is 9.47 Å². The lowest BCUT2D eigenvalue weighted by Crippen LogP contribution is -2.27. The number of amides is 1. The highest BCUT2D eigenvalue weighted by Crippen LogP contribution is 2.13. The van der Waals surface area contributed by atoms with Crippen LogP contribution >= 0.6 is 0 Å². The average molecular weight is 266 g/mol. The van der Waals surface area contributed by atoms with Gasteiger partial charge in [-0.2, -0.15) is 0 Å². The lowest BCUT2D eigenvalue weighted by molar-refractivity contribution is 0.0596. The first kappa shape index (κ1) is 14.9. The molecule has 0 saturated heterocycles. The van der Waals surface area contributed by atoms with Gasteiger partial charge in [-0.1, -0.05) is 0 Å². The van der Waals surface area contributed by atoms with Crippen LogP contribution in [0.5, 0.6) is 0 Å². The normalized spacial score (nSPS) is 10.8. The molecule has 1 aromatic rings. The van der Waals surface area contributed by atoms with Crippen molar-refractivity contribution in [3.05, 3.63) is 23.4 Å². The van der Waals surface area contributed by atoms with E-state index in [0.29, 0.717) is 11.3 Å². The van der Waals surface area contributed by atoms with Gasteiger partial charge in [0.25, 0.3) is 0 Å². The van der Waals surface area contributed by atoms with Crippen LogP contribution in [0.2, 0.25) is 0 Å². The molecule has 104 valence electrons. The molecule has 0 atom stereocenters. The van der Waals surface area contributed by atoms with Gasteiger partial charge >= 0.3 is 12.1 Å². The van der Waals surface area contributed by atoms with Crippen LogP contribution < -0.4 is 5.32 Å². The zero-order chi connectivity index (χ0) is 14.6. The highest BCUT2D eigenvalue weighted by atomic mass is 16.6. The van der Waals surface area contributed by atoms with Gasteiger partial charge in [-0.15, -0.1) is 0 Å². The quantitative estimate of drug-likeness (QED) is 0.832. The minimum Gasteiger partial charge on any atom is -0.465 e. The van der Waals surface area contributed by atoms with Crippen molar-refractivity contribution in [1.29, 1.82) is 0 Å². The van der Waals surface area contributed by atoms with Crippen molar-refractivity contribution in [2.75, 3.05) is 12.4 Å². The lowest BCUT2D eigenvalue weighted by atomic mass is 10.2. The van der Waals surface area contributed by atoms with Crippen molar-refractivity contribution in [3.63, 3.8) is 0 Å². The van der Waals surface area contributed by atoms with E-state index in [1.807, 2.05) is 0 Å². The van der Waals surface area contributed by atoms with Gasteiger partial charge in [0, 0.05) is 5.69 Å². The molecule has 6 heteroatoms. The number of hydrogen-bond acceptors (Lipinski definition) is 5. The van der Waals surface area contributed by atoms with Crippen LogP contribution in [0, 0.1) is 6.92 Å². The van der Waals surface area contributed by atoms with E-state index < -0.39 is 17.7 Å². The third kappa shape index (κ3) is 4.95. The molecule has 0 fully saturated rings. The molecule has 0 aliphatic heterocycles. The van der Waals surface area contributed by atoms with E-state index in [2.05, 4.69) is 15.0 Å². The van der Waals surface area contributed by atoms with Crippen molar-refractivity contribution in [3.8, 4) is 0 Å². The first-order chi connectivity index (χ1) is 8.71. The maximum Gasteiger partial charge on any atom is 0.413 e. The summed E-state index contributed by atoms with van der Waals surface area (Å²) in [7, 11) is 1.29. The Kier molecular flexibility index (Phi) is 4.47. The second-order valence-electron chi connectivity index (χ2n) is 5.00. The number of pyridine rings is 1. The number of hydrogen-bond donors (Lipinski definition) is 1. The van der Waals surface area contributed by atoms with Gasteiger partial charge in [0.15, 0.2) is 0 Å². The number of esters is 1. The van der Waals surface area contributed by atoms with E-state index in [1.54, 1.807) is 33.8 Å². The lowest BCUT2D eigenvalue weighted by Gasteiger charge is -2.19. The first-order valence-electron chi connectivity index (χ1n) is 5.78. The molecule has 0 spiro atoms. The maximum atomic E-state index is 11.6. The zero-order valence-electron chi connectivity index (χ0n) is 11.7. The van der Waals surface area contributed by atoms with Crippen LogP contribution in [0.1, 0.15) is 36.8 Å². The van der Waals surface area contributed by atoms with E-state index in [9.17, 15) is 9.59 Å². The van der Waals surface area contributed by atoms with Crippen molar-refractivity contribution < 1.29 is 19.1 Å². The number of aromatic nitrogens is 1. The summed E-state index contributed by atoms with van der Waals surface area (Å²) in [4.78, 5) is 27.1. The molecule has 0 saturated carbocycles. The van der Waals surface area contributed by atoms with Gasteiger partial charge in [-0.25, -0.2) is 14.6 Å². The second kappa shape index (κ2) is 5.69. The molecule has 0 aliphatic rings. The number of aryl methyl sites for hydroxylation is 1. The minimum absolute atomic E-state index is 0.245. The largest absolute Gasteiger partial charge is 0.465 e. The number of carbonyl (C=O) groups excluding carboxylic acids is 2. The summed E-state index contributed by atoms with van der Waals surface area (Å²) in [6, 6.07) is 3.01. The van der Waals surface area contributed by atoms with Crippen molar-refractivity contribution in [2.24, 2.45) is 0 Å². The van der Waals surface area contributed by atoms with Crippen LogP contribution in [0.25, 0.3) is 0 Å². The molecule has 0 bridgehead atoms. The van der Waals surface area contributed by atoms with E-state index in [4.69, 9.17) is 4.74 Å². The number of rotatable bonds is 2. The minimum atomic E-state index is -0.624. The summed E-state index contributed by atoms with van der Waals surface area (Å²) in [5.74, 6) is -0.243. The highest BCUT2D eigenvalue weighted by Gasteiger charge is 2.17. The summed E-state index contributed by atoms with van der Waals surface area (Å²) < 4.78 is 9.72. The molecule has 0 radical (unpaired) electrons. The van der Waals surface area contributed by atoms with Crippen molar-refractivity contribution >= 4 is 17.9 Å². The first-order valence-corrected chi connectivity index (χ1v) is 5.78. The molecule has 1 amide bonds. The fourth-order valence-corrected chi connectivity index (χ4v) is 1.38. The maximum absolute atomic E-state index is 11.6. The molecule has 1 heterocycles. The van der Waals surface area contributed by atoms with Crippen molar-refractivity contribution in [1.82, 2.24) is 4.98 Å². The van der Waals surface area contributed by atoms with Crippen LogP contribution in [0.4, 0.5) is 10.6 Å². The molecular formula is C13H18N2O4. The standard InChI is InChI=1S/C13H18N2O4/c1-8-6-9(11(16)18-5)7-10(14-8)15-12(17)19-13(2,3)4/h6-7H,1-5H3,(H,14,15,17). The Bertz CT molecular complexity index is 492. The molecule has 1 rings (SSSR count). The summed E-state index contributed by atoms with van der Waals surface area (Å²) in [5, 5.41) is 2.48. The number of methoxy groups -OCH3 is 1. The molecular weight excluding hydrogens is 248 g/mol. The van der Waals surface area contributed by atoms with Crippen molar-refractivity contribution in [2.45, 2.75) is 33.3 Å². The number of anilines is 1. The molecule has 6 nitrogen and oxygen atoms in total. The zero-order valence-corrected chi connectivity index (χ0v) is 11.7. The molecule has 1 N–H and O–H groups in total. The number of nitrogens with zero attached hydrogens (tertiary/aromatic N) is 1. The molecule has 19 heavy (non-hydrogen) atoms. The summed E-state index contributed by atoms with van der Waals surface area (Å²) in [6.07, 6.45) is -0.624. The Hall–Kier alpha value is -2.11. The Morgan fingerprint density at radius 2 is 1.89 bits per heavy atom. The fraction of sp³-hybridized carbons (Fsp3) is 0.462. The molecule has 0 unspecified atom stereocenters. The predicted octanol–water partition coefficient (Wildman–Crippen LogP) is 2.52. The van der Waals surface area contributed by atoms with Gasteiger partial charge < -0.3 is 9.47 Å². The van der Waals surface area contributed by atoms with E-state index in [0.717, 1.165) is 0 Å². The smallest absolute Gasteiger partial charge is 0.413 e. The van der Waals surface area contributed by atoms with Gasteiger partial charge in [0.1, 0.15) is 11.4 Å². The highest BCUT2D eigenvalue weighted by molar-refractivity contribution is 5.92. The average Bonchev–Trinajstić information content (AvgIpc) is 2.24. The van der Waals surface area contributed by atoms with E-state index in [-0.39, 0.29) is 5.82 Å². The summed E-state index contributed by atoms with van der Waals surface area (Å²) in [5.41, 5.74) is 0.314. The third-order valence-electron chi connectivity index (χ3n) is 2.00. The monoisotopic (exact) mass is 266 g/mol. The van der Waals surface area contributed by atoms with Crippen LogP contribution in [0.15, 0.2) is 12.1 Å². The Morgan fingerprint density at radius 3 is 2.42 bits per heavy atom. The van der Waals surface area contributed by atoms with Gasteiger partial charge in [-0.3, -0.25) is 5.32 Å². The SMILES string of the molecule is COC(=O)c1cc(C)nc(NC(=O)OC(C)(C)C)c1. The Morgan fingerprint density at radius 1 is 1.26 bits per heavy atom. The molecule has 0 aliphatic carbocycles. The molecule has 1 aromatic heterocycles. The Labute approximate surface area is 112 Å². The number of nitrogens with one attached hydrogen (secondary N) is 1. The number of carbonyl (C=O) groups is 2. The third-order valence-corrected chi connectivity index (χ3v) is 2.00. The second-order valence-corrected chi connectivity index (χ2v) is 5.00. The van der Waals surface area contributed by atoms with E-state index in [1.165, 1.54) is 13.2 Å².